The van der Waals surface area contributed by atoms with E-state index >= 15 is 0 Å². The van der Waals surface area contributed by atoms with E-state index in [4.69, 9.17) is 4.99 Å². The lowest BCUT2D eigenvalue weighted by Crippen LogP contribution is -2.33. The molecular formula is C25H21N3. The number of benzene rings is 3. The van der Waals surface area contributed by atoms with Gasteiger partial charge in [-0.15, -0.1) is 0 Å². The summed E-state index contributed by atoms with van der Waals surface area (Å²) in [5, 5.41) is 1.16. The van der Waals surface area contributed by atoms with Crippen LogP contribution >= 0.6 is 0 Å². The Labute approximate surface area is 165 Å². The first-order valence-electron chi connectivity index (χ1n) is 9.57. The van der Waals surface area contributed by atoms with Gasteiger partial charge >= 0.3 is 0 Å². The Balaban J connectivity index is 1.58. The van der Waals surface area contributed by atoms with Gasteiger partial charge in [0.2, 0.25) is 0 Å². The van der Waals surface area contributed by atoms with E-state index in [1.165, 1.54) is 16.8 Å². The van der Waals surface area contributed by atoms with Crippen molar-refractivity contribution in [2.45, 2.75) is 13.1 Å². The summed E-state index contributed by atoms with van der Waals surface area (Å²) in [6.45, 7) is 2.13. The summed E-state index contributed by atoms with van der Waals surface area (Å²) in [4.78, 5) is 11.8. The van der Waals surface area contributed by atoms with Crippen LogP contribution in [-0.2, 0) is 0 Å². The van der Waals surface area contributed by atoms with Gasteiger partial charge < -0.3 is 4.90 Å². The van der Waals surface area contributed by atoms with Crippen molar-refractivity contribution in [3.8, 4) is 11.1 Å². The average Bonchev–Trinajstić information content (AvgIpc) is 2.76. The van der Waals surface area contributed by atoms with Crippen molar-refractivity contribution in [1.82, 2.24) is 4.98 Å². The number of hydrogen-bond acceptors (Lipinski definition) is 3. The summed E-state index contributed by atoms with van der Waals surface area (Å²) < 4.78 is 0. The predicted octanol–water partition coefficient (Wildman–Crippen LogP) is 5.54. The van der Waals surface area contributed by atoms with Crippen LogP contribution < -0.4 is 4.90 Å². The minimum absolute atomic E-state index is 0.117. The highest BCUT2D eigenvalue weighted by Crippen LogP contribution is 2.31. The van der Waals surface area contributed by atoms with E-state index < -0.39 is 0 Å². The molecule has 1 aromatic heterocycles. The maximum atomic E-state index is 4.96. The summed E-state index contributed by atoms with van der Waals surface area (Å²) >= 11 is 0. The summed E-state index contributed by atoms with van der Waals surface area (Å²) in [5.74, 6) is 0. The predicted molar refractivity (Wildman–Crippen MR) is 117 cm³/mol. The topological polar surface area (TPSA) is 28.5 Å². The number of rotatable bonds is 2. The van der Waals surface area contributed by atoms with Crippen LogP contribution in [0.4, 0.5) is 5.69 Å². The summed E-state index contributed by atoms with van der Waals surface area (Å²) in [6.07, 6.45) is 1.97. The van der Waals surface area contributed by atoms with Crippen molar-refractivity contribution in [3.05, 3.63) is 96.2 Å². The quantitative estimate of drug-likeness (QED) is 0.468. The molecule has 5 rings (SSSR count). The second-order valence-electron chi connectivity index (χ2n) is 7.20. The van der Waals surface area contributed by atoms with Gasteiger partial charge in [0, 0.05) is 41.0 Å². The second-order valence-corrected chi connectivity index (χ2v) is 7.20. The van der Waals surface area contributed by atoms with Crippen LogP contribution in [0.15, 0.2) is 90.1 Å². The van der Waals surface area contributed by atoms with E-state index in [-0.39, 0.29) is 6.17 Å². The first kappa shape index (κ1) is 16.7. The second kappa shape index (κ2) is 6.61. The molecule has 0 saturated carbocycles. The average molecular weight is 363 g/mol. The molecule has 4 aromatic rings. The minimum atomic E-state index is 0.117. The molecule has 0 N–H and O–H groups in total. The number of para-hydroxylation sites is 2. The Hall–Kier alpha value is -3.46. The summed E-state index contributed by atoms with van der Waals surface area (Å²) in [5.41, 5.74) is 7.97. The van der Waals surface area contributed by atoms with Gasteiger partial charge in [0.15, 0.2) is 0 Å². The first-order valence-corrected chi connectivity index (χ1v) is 9.57. The van der Waals surface area contributed by atoms with Gasteiger partial charge in [0.25, 0.3) is 0 Å². The molecule has 28 heavy (non-hydrogen) atoms. The first-order chi connectivity index (χ1) is 13.7. The Morgan fingerprint density at radius 1 is 0.750 bits per heavy atom. The van der Waals surface area contributed by atoms with Crippen LogP contribution in [0.1, 0.15) is 18.1 Å². The third kappa shape index (κ3) is 2.67. The molecule has 2 heterocycles. The van der Waals surface area contributed by atoms with Crippen molar-refractivity contribution >= 4 is 22.3 Å². The van der Waals surface area contributed by atoms with Gasteiger partial charge in [-0.3, -0.25) is 9.98 Å². The fraction of sp³-hybridized carbons (Fsp3) is 0.120. The van der Waals surface area contributed by atoms with Crippen molar-refractivity contribution in [2.75, 3.05) is 11.9 Å². The number of hydrogen-bond donors (Lipinski definition) is 0. The summed E-state index contributed by atoms with van der Waals surface area (Å²) in [7, 11) is 2.10. The van der Waals surface area contributed by atoms with Crippen LogP contribution in [0.3, 0.4) is 0 Å². The van der Waals surface area contributed by atoms with E-state index in [9.17, 15) is 0 Å². The van der Waals surface area contributed by atoms with E-state index in [1.807, 2.05) is 12.3 Å². The highest BCUT2D eigenvalue weighted by Gasteiger charge is 2.22. The molecule has 136 valence electrons. The molecule has 3 heteroatoms. The molecule has 1 aliphatic heterocycles. The van der Waals surface area contributed by atoms with Crippen molar-refractivity contribution < 1.29 is 0 Å². The molecular weight excluding hydrogens is 342 g/mol. The zero-order valence-corrected chi connectivity index (χ0v) is 16.0. The minimum Gasteiger partial charge on any atom is -0.352 e. The molecule has 0 fully saturated rings. The summed E-state index contributed by atoms with van der Waals surface area (Å²) in [6, 6.07) is 27.6. The Bertz CT molecular complexity index is 1190. The largest absolute Gasteiger partial charge is 0.352 e. The molecule has 3 nitrogen and oxygen atoms in total. The maximum absolute atomic E-state index is 4.96. The van der Waals surface area contributed by atoms with Gasteiger partial charge in [-0.1, -0.05) is 66.7 Å². The fourth-order valence-corrected chi connectivity index (χ4v) is 3.90. The number of aliphatic imine (C=N–C) groups is 1. The lowest BCUT2D eigenvalue weighted by Gasteiger charge is -2.32. The van der Waals surface area contributed by atoms with Crippen molar-refractivity contribution in [2.24, 2.45) is 4.99 Å². The normalized spacial score (nSPS) is 16.0. The molecule has 1 atom stereocenters. The number of anilines is 1. The van der Waals surface area contributed by atoms with E-state index in [0.717, 1.165) is 27.7 Å². The van der Waals surface area contributed by atoms with Crippen molar-refractivity contribution in [3.63, 3.8) is 0 Å². The molecule has 3 aromatic carbocycles. The molecule has 0 amide bonds. The molecule has 1 unspecified atom stereocenters. The third-order valence-corrected chi connectivity index (χ3v) is 5.52. The van der Waals surface area contributed by atoms with Gasteiger partial charge in [-0.25, -0.2) is 0 Å². The highest BCUT2D eigenvalue weighted by molar-refractivity contribution is 6.17. The molecule has 0 spiro atoms. The van der Waals surface area contributed by atoms with Crippen LogP contribution in [0.5, 0.6) is 0 Å². The van der Waals surface area contributed by atoms with Gasteiger partial charge in [0.05, 0.1) is 11.2 Å². The van der Waals surface area contributed by atoms with Crippen LogP contribution in [0.25, 0.3) is 22.0 Å². The number of pyridine rings is 1. The number of nitrogens with zero attached hydrogens (tertiary/aromatic N) is 3. The van der Waals surface area contributed by atoms with Crippen LogP contribution in [0.2, 0.25) is 0 Å². The molecule has 0 radical (unpaired) electrons. The highest BCUT2D eigenvalue weighted by atomic mass is 15.2. The molecule has 1 aliphatic rings. The van der Waals surface area contributed by atoms with E-state index in [2.05, 4.69) is 96.7 Å². The Kier molecular flexibility index (Phi) is 3.94. The van der Waals surface area contributed by atoms with Gasteiger partial charge in [-0.2, -0.15) is 0 Å². The van der Waals surface area contributed by atoms with E-state index in [1.54, 1.807) is 0 Å². The monoisotopic (exact) mass is 363 g/mol. The smallest absolute Gasteiger partial charge is 0.118 e. The molecule has 0 saturated heterocycles. The van der Waals surface area contributed by atoms with Crippen molar-refractivity contribution in [1.29, 1.82) is 0 Å². The zero-order chi connectivity index (χ0) is 19.1. The van der Waals surface area contributed by atoms with E-state index in [0.29, 0.717) is 0 Å². The standard InChI is InChI=1S/C25H21N3/c1-17-27-25(22-9-3-4-11-23(22)28(17)2)20-14-12-18(13-15-20)21-10-5-7-19-8-6-16-26-24(19)21/h3-17H,1-2H3. The fourth-order valence-electron chi connectivity index (χ4n) is 3.90. The Morgan fingerprint density at radius 2 is 1.46 bits per heavy atom. The number of fused-ring (bicyclic) bond motifs is 2. The van der Waals surface area contributed by atoms with Gasteiger partial charge in [0.1, 0.15) is 6.17 Å². The number of aromatic nitrogens is 1. The van der Waals surface area contributed by atoms with Gasteiger partial charge in [-0.05, 0) is 24.6 Å². The maximum Gasteiger partial charge on any atom is 0.118 e. The van der Waals surface area contributed by atoms with Crippen LogP contribution in [0, 0.1) is 0 Å². The van der Waals surface area contributed by atoms with Crippen LogP contribution in [-0.4, -0.2) is 23.9 Å². The lowest BCUT2D eigenvalue weighted by atomic mass is 9.95. The molecule has 0 aliphatic carbocycles. The third-order valence-electron chi connectivity index (χ3n) is 5.52. The zero-order valence-electron chi connectivity index (χ0n) is 16.0. The lowest BCUT2D eigenvalue weighted by molar-refractivity contribution is 0.714. The SMILES string of the molecule is CC1N=C(c2ccc(-c3cccc4cccnc34)cc2)c2ccccc2N1C. The Morgan fingerprint density at radius 3 is 2.32 bits per heavy atom. The molecule has 0 bridgehead atoms.